The molecule has 1 heterocycles. The van der Waals surface area contributed by atoms with Crippen LogP contribution in [0.15, 0.2) is 21.1 Å². The highest BCUT2D eigenvalue weighted by atomic mass is 79.9. The quantitative estimate of drug-likeness (QED) is 0.805. The van der Waals surface area contributed by atoms with Gasteiger partial charge in [0, 0.05) is 29.5 Å². The molecule has 0 radical (unpaired) electrons. The van der Waals surface area contributed by atoms with E-state index in [1.54, 1.807) is 13.2 Å². The molecule has 110 valence electrons. The first kappa shape index (κ1) is 15.8. The fraction of sp³-hybridized carbons (Fsp3) is 0.462. The van der Waals surface area contributed by atoms with E-state index in [2.05, 4.69) is 42.5 Å². The van der Waals surface area contributed by atoms with Crippen molar-refractivity contribution in [2.45, 2.75) is 12.5 Å². The molecule has 0 spiro atoms. The van der Waals surface area contributed by atoms with Crippen molar-refractivity contribution in [1.29, 1.82) is 0 Å². The molecule has 0 aromatic heterocycles. The van der Waals surface area contributed by atoms with Crippen LogP contribution in [0, 0.1) is 0 Å². The molecule has 1 aromatic rings. The average Bonchev–Trinajstić information content (AvgIpc) is 2.43. The van der Waals surface area contributed by atoms with E-state index in [1.165, 1.54) is 0 Å². The van der Waals surface area contributed by atoms with Crippen molar-refractivity contribution < 1.29 is 14.3 Å². The van der Waals surface area contributed by atoms with Gasteiger partial charge in [0.05, 0.1) is 30.5 Å². The summed E-state index contributed by atoms with van der Waals surface area (Å²) in [6.45, 7) is 2.06. The highest BCUT2D eigenvalue weighted by molar-refractivity contribution is 9.11. The summed E-state index contributed by atoms with van der Waals surface area (Å²) in [4.78, 5) is 12.0. The van der Waals surface area contributed by atoms with Crippen molar-refractivity contribution in [3.63, 3.8) is 0 Å². The second kappa shape index (κ2) is 7.40. The molecule has 1 saturated heterocycles. The molecule has 1 aromatic carbocycles. The first-order chi connectivity index (χ1) is 9.60. The maximum absolute atomic E-state index is 12.0. The normalized spacial score (nSPS) is 18.6. The summed E-state index contributed by atoms with van der Waals surface area (Å²) in [6.07, 6.45) is 0.380. The van der Waals surface area contributed by atoms with Crippen LogP contribution < -0.4 is 15.4 Å². The number of hydrogen-bond acceptors (Lipinski definition) is 4. The fourth-order valence-corrected chi connectivity index (χ4v) is 3.21. The van der Waals surface area contributed by atoms with Crippen LogP contribution in [0.2, 0.25) is 0 Å². The van der Waals surface area contributed by atoms with Gasteiger partial charge in [0.25, 0.3) is 0 Å². The second-order valence-electron chi connectivity index (χ2n) is 4.44. The number of morpholine rings is 1. The van der Waals surface area contributed by atoms with Crippen LogP contribution in [0.25, 0.3) is 0 Å². The summed E-state index contributed by atoms with van der Waals surface area (Å²) in [5, 5.41) is 6.13. The van der Waals surface area contributed by atoms with E-state index in [0.29, 0.717) is 31.1 Å². The number of amides is 1. The third-order valence-electron chi connectivity index (χ3n) is 2.95. The molecule has 1 unspecified atom stereocenters. The summed E-state index contributed by atoms with van der Waals surface area (Å²) in [6, 6.07) is 3.69. The number of ether oxygens (including phenoxy) is 2. The number of anilines is 1. The number of nitrogens with one attached hydrogen (secondary N) is 2. The molecule has 0 saturated carbocycles. The van der Waals surface area contributed by atoms with E-state index in [9.17, 15) is 4.79 Å². The molecule has 2 N–H and O–H groups in total. The average molecular weight is 408 g/mol. The predicted molar refractivity (Wildman–Crippen MR) is 84.3 cm³/mol. The Morgan fingerprint density at radius 3 is 2.95 bits per heavy atom. The number of benzene rings is 1. The van der Waals surface area contributed by atoms with Crippen molar-refractivity contribution in [2.24, 2.45) is 0 Å². The van der Waals surface area contributed by atoms with E-state index in [-0.39, 0.29) is 11.9 Å². The van der Waals surface area contributed by atoms with Crippen LogP contribution in [0.3, 0.4) is 0 Å². The van der Waals surface area contributed by atoms with E-state index in [4.69, 9.17) is 9.47 Å². The van der Waals surface area contributed by atoms with Crippen LogP contribution in [-0.2, 0) is 9.53 Å². The molecular weight excluding hydrogens is 392 g/mol. The minimum atomic E-state index is -0.0573. The number of methoxy groups -OCH3 is 1. The van der Waals surface area contributed by atoms with Crippen LogP contribution in [0.4, 0.5) is 5.69 Å². The Bertz CT molecular complexity index is 491. The van der Waals surface area contributed by atoms with Crippen LogP contribution >= 0.6 is 31.9 Å². The van der Waals surface area contributed by atoms with E-state index < -0.39 is 0 Å². The maximum Gasteiger partial charge on any atom is 0.226 e. The predicted octanol–water partition coefficient (Wildman–Crippen LogP) is 2.54. The Morgan fingerprint density at radius 1 is 1.50 bits per heavy atom. The van der Waals surface area contributed by atoms with Gasteiger partial charge >= 0.3 is 0 Å². The first-order valence-corrected chi connectivity index (χ1v) is 7.82. The summed E-state index contributed by atoms with van der Waals surface area (Å²) >= 11 is 6.82. The van der Waals surface area contributed by atoms with Gasteiger partial charge in [-0.3, -0.25) is 4.79 Å². The van der Waals surface area contributed by atoms with Gasteiger partial charge in [0.2, 0.25) is 5.91 Å². The zero-order valence-electron chi connectivity index (χ0n) is 11.0. The van der Waals surface area contributed by atoms with E-state index in [0.717, 1.165) is 15.5 Å². The minimum Gasteiger partial charge on any atom is -0.495 e. The number of carbonyl (C=O) groups excluding carboxylic acids is 1. The zero-order chi connectivity index (χ0) is 14.5. The second-order valence-corrected chi connectivity index (χ2v) is 6.15. The Morgan fingerprint density at radius 2 is 2.30 bits per heavy atom. The van der Waals surface area contributed by atoms with Crippen molar-refractivity contribution >= 4 is 43.5 Å². The Labute approximate surface area is 134 Å². The number of halogens is 2. The van der Waals surface area contributed by atoms with Gasteiger partial charge in [0.1, 0.15) is 5.75 Å². The topological polar surface area (TPSA) is 59.6 Å². The molecule has 1 fully saturated rings. The standard InChI is InChI=1S/C13H16Br2N2O3/c1-19-12-6-11(9(14)5-10(12)15)17-13(18)4-8-7-20-3-2-16-8/h5-6,8,16H,2-4,7H2,1H3,(H,17,18). The molecule has 1 aliphatic rings. The largest absolute Gasteiger partial charge is 0.495 e. The smallest absolute Gasteiger partial charge is 0.226 e. The van der Waals surface area contributed by atoms with Gasteiger partial charge in [-0.1, -0.05) is 0 Å². The molecule has 1 atom stereocenters. The Kier molecular flexibility index (Phi) is 5.83. The summed E-state index contributed by atoms with van der Waals surface area (Å²) in [5.41, 5.74) is 0.687. The highest BCUT2D eigenvalue weighted by Crippen LogP contribution is 2.34. The molecule has 1 aliphatic heterocycles. The lowest BCUT2D eigenvalue weighted by Gasteiger charge is -2.23. The highest BCUT2D eigenvalue weighted by Gasteiger charge is 2.18. The van der Waals surface area contributed by atoms with Crippen molar-refractivity contribution in [3.8, 4) is 5.75 Å². The van der Waals surface area contributed by atoms with E-state index in [1.807, 2.05) is 6.07 Å². The van der Waals surface area contributed by atoms with Gasteiger partial charge in [-0.15, -0.1) is 0 Å². The van der Waals surface area contributed by atoms with Gasteiger partial charge < -0.3 is 20.1 Å². The van der Waals surface area contributed by atoms with Crippen molar-refractivity contribution in [1.82, 2.24) is 5.32 Å². The Hall–Kier alpha value is -0.630. The van der Waals surface area contributed by atoms with Gasteiger partial charge in [0.15, 0.2) is 0 Å². The lowest BCUT2D eigenvalue weighted by Crippen LogP contribution is -2.43. The fourth-order valence-electron chi connectivity index (χ4n) is 1.96. The van der Waals surface area contributed by atoms with E-state index >= 15 is 0 Å². The zero-order valence-corrected chi connectivity index (χ0v) is 14.2. The molecule has 7 heteroatoms. The molecule has 20 heavy (non-hydrogen) atoms. The molecule has 1 amide bonds. The lowest BCUT2D eigenvalue weighted by molar-refractivity contribution is -0.117. The van der Waals surface area contributed by atoms with Gasteiger partial charge in [-0.2, -0.15) is 0 Å². The SMILES string of the molecule is COc1cc(NC(=O)CC2COCCN2)c(Br)cc1Br. The maximum atomic E-state index is 12.0. The minimum absolute atomic E-state index is 0.0573. The van der Waals surface area contributed by atoms with Gasteiger partial charge in [-0.25, -0.2) is 0 Å². The number of rotatable bonds is 4. The lowest BCUT2D eigenvalue weighted by atomic mass is 10.2. The summed E-state index contributed by atoms with van der Waals surface area (Å²) in [5.74, 6) is 0.612. The van der Waals surface area contributed by atoms with Crippen LogP contribution in [-0.4, -0.2) is 38.8 Å². The molecule has 5 nitrogen and oxygen atoms in total. The van der Waals surface area contributed by atoms with Crippen molar-refractivity contribution in [2.75, 3.05) is 32.2 Å². The summed E-state index contributed by atoms with van der Waals surface area (Å²) < 4.78 is 12.2. The third kappa shape index (κ3) is 4.18. The number of carbonyl (C=O) groups is 1. The molecule has 0 bridgehead atoms. The van der Waals surface area contributed by atoms with Crippen LogP contribution in [0.5, 0.6) is 5.75 Å². The first-order valence-electron chi connectivity index (χ1n) is 6.24. The van der Waals surface area contributed by atoms with Crippen LogP contribution in [0.1, 0.15) is 6.42 Å². The van der Waals surface area contributed by atoms with Crippen molar-refractivity contribution in [3.05, 3.63) is 21.1 Å². The third-order valence-corrected chi connectivity index (χ3v) is 4.22. The van der Waals surface area contributed by atoms with Gasteiger partial charge in [-0.05, 0) is 37.9 Å². The number of hydrogen-bond donors (Lipinski definition) is 2. The molecular formula is C13H16Br2N2O3. The summed E-state index contributed by atoms with van der Waals surface area (Å²) in [7, 11) is 1.59. The molecule has 0 aliphatic carbocycles. The monoisotopic (exact) mass is 406 g/mol. The Balaban J connectivity index is 1.99. The molecule has 2 rings (SSSR count).